The van der Waals surface area contributed by atoms with Crippen molar-refractivity contribution < 1.29 is 74.3 Å². The van der Waals surface area contributed by atoms with Gasteiger partial charge in [-0.25, -0.2) is 19.6 Å². The van der Waals surface area contributed by atoms with Crippen molar-refractivity contribution in [1.29, 1.82) is 0 Å². The molecule has 2 aliphatic heterocycles. The smallest absolute Gasteiger partial charge is 0.426 e. The zero-order valence-electron chi connectivity index (χ0n) is 32.5. The summed E-state index contributed by atoms with van der Waals surface area (Å²) in [5.41, 5.74) is -6.58. The van der Waals surface area contributed by atoms with Crippen LogP contribution in [0.1, 0.15) is 122 Å². The van der Waals surface area contributed by atoms with E-state index in [1.54, 1.807) is 20.8 Å². The maximum absolute atomic E-state index is 13.7. The Hall–Kier alpha value is -5.38. The van der Waals surface area contributed by atoms with E-state index in [4.69, 9.17) is 23.0 Å². The van der Waals surface area contributed by atoms with Crippen molar-refractivity contribution in [2.24, 2.45) is 0 Å². The van der Waals surface area contributed by atoms with Gasteiger partial charge in [0.25, 0.3) is 23.6 Å². The molecular weight excluding hydrogens is 802 g/mol. The van der Waals surface area contributed by atoms with Crippen LogP contribution in [0.3, 0.4) is 0 Å². The number of rotatable bonds is 2. The Morgan fingerprint density at radius 2 is 1.10 bits per heavy atom. The molecule has 8 bridgehead atoms. The molecule has 22 heteroatoms. The zero-order valence-corrected chi connectivity index (χ0v) is 32.5. The molecule has 4 atom stereocenters. The summed E-state index contributed by atoms with van der Waals surface area (Å²) in [5.74, 6) is -4.90. The third-order valence-corrected chi connectivity index (χ3v) is 9.79. The number of carboxylic acids is 1. The monoisotopic (exact) mass is 844 g/mol. The molecule has 3 N–H and O–H groups in total. The summed E-state index contributed by atoms with van der Waals surface area (Å²) >= 11 is 0. The highest BCUT2D eigenvalue weighted by atomic mass is 19.4. The summed E-state index contributed by atoms with van der Waals surface area (Å²) in [6.07, 6.45) is -8.59. The molecule has 4 aromatic heterocycles. The number of aliphatic hydroxyl groups is 2. The first kappa shape index (κ1) is 44.7. The second-order valence-electron chi connectivity index (χ2n) is 14.4. The summed E-state index contributed by atoms with van der Waals surface area (Å²) in [4.78, 5) is 32.2. The first-order chi connectivity index (χ1) is 27.6. The average molecular weight is 845 g/mol. The number of alkyl halides is 6. The average Bonchev–Trinajstić information content (AvgIpc) is 3.86. The van der Waals surface area contributed by atoms with Gasteiger partial charge in [-0.2, -0.15) is 26.3 Å². The van der Waals surface area contributed by atoms with Crippen molar-refractivity contribution in [2.45, 2.75) is 128 Å². The second kappa shape index (κ2) is 17.5. The fraction of sp³-hybridized carbons (Fsp3) is 0.568. The molecule has 0 aliphatic carbocycles. The number of esters is 1. The molecule has 59 heavy (non-hydrogen) atoms. The Kier molecular flexibility index (Phi) is 13.2. The van der Waals surface area contributed by atoms with Crippen LogP contribution in [0.4, 0.5) is 26.3 Å². The lowest BCUT2D eigenvalue weighted by molar-refractivity contribution is -0.277. The van der Waals surface area contributed by atoms with E-state index in [2.05, 4.69) is 30.4 Å². The Balaban J connectivity index is 0.000000224. The molecule has 0 unspecified atom stereocenters. The van der Waals surface area contributed by atoms with E-state index >= 15 is 0 Å². The molecule has 6 rings (SSSR count). The predicted octanol–water partition coefficient (Wildman–Crippen LogP) is 7.33. The molecule has 0 amide bonds. The van der Waals surface area contributed by atoms with Gasteiger partial charge in [-0.1, -0.05) is 12.8 Å². The van der Waals surface area contributed by atoms with Gasteiger partial charge in [0.05, 0.1) is 30.4 Å². The highest BCUT2D eigenvalue weighted by Crippen LogP contribution is 2.45. The van der Waals surface area contributed by atoms with E-state index < -0.39 is 71.9 Å². The maximum atomic E-state index is 13.7. The fourth-order valence-corrected chi connectivity index (χ4v) is 6.38. The van der Waals surface area contributed by atoms with Gasteiger partial charge >= 0.3 is 24.3 Å². The number of aryl methyl sites for hydroxylation is 2. The summed E-state index contributed by atoms with van der Waals surface area (Å²) in [5, 5.41) is 44.1. The molecule has 322 valence electrons. The van der Waals surface area contributed by atoms with E-state index in [1.165, 1.54) is 12.1 Å². The standard InChI is InChI=1S/C19H22F3N3O5.C18H20F3N3O5/c1-10-9-12(16(26)28-3)13-15-24-25-17(30-15)18(27,19(20,21)22)8-6-4-5-7-11(2)29-14(10)23-13;1-9-8-11(15(25)26)12-14-23-24-16(29-14)17(27,18(19,20)21)7-5-3-4-6-10(2)28-13(9)22-12/h9,11,27H,4-8H2,1-3H3;8,10,27H,3-7H2,1-2H3,(H,25,26)/t11-,18-;10-,17-/m11/s1. The van der Waals surface area contributed by atoms with Crippen LogP contribution < -0.4 is 9.47 Å². The Bertz CT molecular complexity index is 2140. The van der Waals surface area contributed by atoms with Crippen LogP contribution in [0.5, 0.6) is 11.8 Å². The second-order valence-corrected chi connectivity index (χ2v) is 14.4. The minimum atomic E-state index is -5.05. The summed E-state index contributed by atoms with van der Waals surface area (Å²) in [6, 6.07) is 2.71. The predicted molar refractivity (Wildman–Crippen MR) is 189 cm³/mol. The zero-order chi connectivity index (χ0) is 43.5. The molecular formula is C37H42F6N6O10. The fourth-order valence-electron chi connectivity index (χ4n) is 6.38. The number of hydrogen-bond acceptors (Lipinski definition) is 15. The van der Waals surface area contributed by atoms with Crippen LogP contribution in [0.25, 0.3) is 23.2 Å². The number of fused-ring (bicyclic) bond motifs is 10. The van der Waals surface area contributed by atoms with Gasteiger partial charge in [-0.3, -0.25) is 0 Å². The van der Waals surface area contributed by atoms with Gasteiger partial charge in [-0.05, 0) is 91.2 Å². The molecule has 0 spiro atoms. The molecule has 0 saturated heterocycles. The molecule has 2 aliphatic rings. The number of nitrogens with zero attached hydrogens (tertiary/aromatic N) is 6. The van der Waals surface area contributed by atoms with Gasteiger partial charge in [0.1, 0.15) is 11.4 Å². The Morgan fingerprint density at radius 3 is 1.49 bits per heavy atom. The van der Waals surface area contributed by atoms with Crippen molar-refractivity contribution >= 4 is 11.9 Å². The lowest BCUT2D eigenvalue weighted by Crippen LogP contribution is -2.42. The number of ether oxygens (including phenoxy) is 3. The van der Waals surface area contributed by atoms with Gasteiger partial charge in [0.2, 0.25) is 23.0 Å². The van der Waals surface area contributed by atoms with Crippen LogP contribution in [-0.4, -0.2) is 89.3 Å². The van der Waals surface area contributed by atoms with Crippen LogP contribution in [0.2, 0.25) is 0 Å². The number of carbonyl (C=O) groups is 2. The summed E-state index contributed by atoms with van der Waals surface area (Å²) < 4.78 is 108. The lowest BCUT2D eigenvalue weighted by atomic mass is 9.94. The number of methoxy groups -OCH3 is 1. The number of hydrogen-bond donors (Lipinski definition) is 3. The highest BCUT2D eigenvalue weighted by molar-refractivity contribution is 5.95. The molecule has 6 heterocycles. The van der Waals surface area contributed by atoms with Gasteiger partial charge in [-0.15, -0.1) is 20.4 Å². The van der Waals surface area contributed by atoms with Crippen LogP contribution in [0, 0.1) is 13.8 Å². The molecule has 0 radical (unpaired) electrons. The number of carboxylic acid groups (broad SMARTS) is 1. The quantitative estimate of drug-likeness (QED) is 0.133. The maximum Gasteiger partial charge on any atom is 0.426 e. The molecule has 0 fully saturated rings. The highest BCUT2D eigenvalue weighted by Gasteiger charge is 2.59. The van der Waals surface area contributed by atoms with E-state index in [-0.39, 0.29) is 59.3 Å². The van der Waals surface area contributed by atoms with Crippen molar-refractivity contribution in [1.82, 2.24) is 30.4 Å². The topological polar surface area (TPSA) is 226 Å². The molecule has 0 saturated carbocycles. The van der Waals surface area contributed by atoms with E-state index in [0.717, 1.165) is 7.11 Å². The normalized spacial score (nSPS) is 22.9. The third-order valence-electron chi connectivity index (χ3n) is 9.79. The number of aromatic carboxylic acids is 1. The minimum absolute atomic E-state index is 0.0728. The van der Waals surface area contributed by atoms with E-state index in [9.17, 15) is 51.3 Å². The van der Waals surface area contributed by atoms with Crippen molar-refractivity contribution in [3.05, 3.63) is 46.2 Å². The summed E-state index contributed by atoms with van der Waals surface area (Å²) in [7, 11) is 1.15. The molecule has 0 aromatic carbocycles. The minimum Gasteiger partial charge on any atom is -0.478 e. The molecule has 16 nitrogen and oxygen atoms in total. The lowest BCUT2D eigenvalue weighted by Gasteiger charge is -2.27. The van der Waals surface area contributed by atoms with Crippen molar-refractivity contribution in [2.75, 3.05) is 7.11 Å². The first-order valence-electron chi connectivity index (χ1n) is 18.5. The van der Waals surface area contributed by atoms with E-state index in [1.807, 2.05) is 6.92 Å². The number of halogens is 6. The number of aromatic nitrogens is 6. The van der Waals surface area contributed by atoms with Crippen LogP contribution >= 0.6 is 0 Å². The number of carbonyl (C=O) groups excluding carboxylic acids is 1. The Labute approximate surface area is 332 Å². The molecule has 4 aromatic rings. The van der Waals surface area contributed by atoms with Gasteiger partial charge in [0, 0.05) is 11.1 Å². The Morgan fingerprint density at radius 1 is 0.695 bits per heavy atom. The first-order valence-corrected chi connectivity index (χ1v) is 18.5. The van der Waals surface area contributed by atoms with E-state index in [0.29, 0.717) is 49.7 Å². The van der Waals surface area contributed by atoms with Crippen molar-refractivity contribution in [3.8, 4) is 34.9 Å². The summed E-state index contributed by atoms with van der Waals surface area (Å²) in [6.45, 7) is 6.89. The van der Waals surface area contributed by atoms with Gasteiger partial charge < -0.3 is 38.4 Å². The number of pyridine rings is 2. The third kappa shape index (κ3) is 9.58. The SMILES string of the molecule is COC(=O)c1cc(C)c2nc1-c1nnc(o1)[C@@](O)(C(F)(F)F)CCCCC[C@@H](C)O2.Cc1cc(C(=O)O)c2nc1O[C@H](C)CCCCC[C@](O)(C(F)(F)F)c1nnc-2o1. The largest absolute Gasteiger partial charge is 0.478 e. The van der Waals surface area contributed by atoms with Gasteiger partial charge in [0.15, 0.2) is 0 Å². The van der Waals surface area contributed by atoms with Crippen molar-refractivity contribution in [3.63, 3.8) is 0 Å². The van der Waals surface area contributed by atoms with Crippen LogP contribution in [-0.2, 0) is 15.9 Å². The van der Waals surface area contributed by atoms with Crippen LogP contribution in [0.15, 0.2) is 21.0 Å².